The van der Waals surface area contributed by atoms with Crippen LogP contribution < -0.4 is 0 Å². The lowest BCUT2D eigenvalue weighted by atomic mass is 10.1. The molecule has 9 heteroatoms. The van der Waals surface area contributed by atoms with E-state index in [4.69, 9.17) is 0 Å². The van der Waals surface area contributed by atoms with Gasteiger partial charge in [-0.05, 0) is 47.7 Å². The Hall–Kier alpha value is -2.79. The quantitative estimate of drug-likeness (QED) is 0.365. The van der Waals surface area contributed by atoms with Crippen LogP contribution in [0.1, 0.15) is 5.56 Å². The molecule has 0 saturated heterocycles. The number of aromatic amines is 1. The van der Waals surface area contributed by atoms with Gasteiger partial charge in [0.1, 0.15) is 5.52 Å². The van der Waals surface area contributed by atoms with Crippen molar-refractivity contribution >= 4 is 54.7 Å². The van der Waals surface area contributed by atoms with Crippen molar-refractivity contribution in [2.24, 2.45) is 0 Å². The third kappa shape index (κ3) is 3.01. The molecule has 0 spiro atoms. The third-order valence-electron chi connectivity index (χ3n) is 4.73. The van der Waals surface area contributed by atoms with E-state index in [1.807, 2.05) is 25.1 Å². The fraction of sp³-hybridized carbons (Fsp3) is 0.0500. The normalized spacial score (nSPS) is 12.1. The Morgan fingerprint density at radius 1 is 1.07 bits per heavy atom. The number of aromatic nitrogens is 5. The minimum absolute atomic E-state index is 0.215. The molecule has 7 nitrogen and oxygen atoms in total. The van der Waals surface area contributed by atoms with E-state index in [1.165, 1.54) is 3.97 Å². The lowest BCUT2D eigenvalue weighted by Crippen LogP contribution is -2.12. The second kappa shape index (κ2) is 6.63. The van der Waals surface area contributed by atoms with E-state index >= 15 is 0 Å². The zero-order valence-corrected chi connectivity index (χ0v) is 18.1. The molecule has 0 fully saturated rings. The molecular formula is C20H14IN5O2S. The zero-order chi connectivity index (χ0) is 20.2. The SMILES string of the molecule is Cc1ccc(S(=O)(=O)n2cc(I)c3nc(-c4ccc5cn[nH]c5c4)cnc32)cc1. The smallest absolute Gasteiger partial charge is 0.269 e. The zero-order valence-electron chi connectivity index (χ0n) is 15.2. The maximum atomic E-state index is 13.1. The van der Waals surface area contributed by atoms with Gasteiger partial charge in [-0.3, -0.25) is 5.10 Å². The van der Waals surface area contributed by atoms with Gasteiger partial charge in [-0.2, -0.15) is 5.10 Å². The van der Waals surface area contributed by atoms with Crippen LogP contribution in [-0.4, -0.2) is 32.6 Å². The lowest BCUT2D eigenvalue weighted by molar-refractivity contribution is 0.588. The first-order valence-electron chi connectivity index (χ1n) is 8.73. The number of hydrogen-bond acceptors (Lipinski definition) is 5. The number of fused-ring (bicyclic) bond motifs is 2. The number of nitrogens with one attached hydrogen (secondary N) is 1. The van der Waals surface area contributed by atoms with Crippen LogP contribution >= 0.6 is 22.6 Å². The lowest BCUT2D eigenvalue weighted by Gasteiger charge is -2.07. The van der Waals surface area contributed by atoms with E-state index in [0.717, 1.165) is 22.0 Å². The van der Waals surface area contributed by atoms with E-state index in [9.17, 15) is 8.42 Å². The largest absolute Gasteiger partial charge is 0.278 e. The summed E-state index contributed by atoms with van der Waals surface area (Å²) in [5, 5.41) is 7.98. The van der Waals surface area contributed by atoms with Crippen LogP contribution in [0.3, 0.4) is 0 Å². The summed E-state index contributed by atoms with van der Waals surface area (Å²) in [6, 6.07) is 12.6. The van der Waals surface area contributed by atoms with E-state index < -0.39 is 10.0 Å². The second-order valence-electron chi connectivity index (χ2n) is 6.69. The van der Waals surface area contributed by atoms with Crippen molar-refractivity contribution in [2.75, 3.05) is 0 Å². The highest BCUT2D eigenvalue weighted by molar-refractivity contribution is 14.1. The molecule has 0 saturated carbocycles. The molecule has 1 N–H and O–H groups in total. The van der Waals surface area contributed by atoms with Crippen LogP contribution in [0.2, 0.25) is 0 Å². The molecule has 5 rings (SSSR count). The van der Waals surface area contributed by atoms with Gasteiger partial charge in [0.05, 0.1) is 32.1 Å². The van der Waals surface area contributed by atoms with Gasteiger partial charge in [0.25, 0.3) is 10.0 Å². The maximum Gasteiger partial charge on any atom is 0.269 e. The van der Waals surface area contributed by atoms with E-state index in [-0.39, 0.29) is 4.90 Å². The van der Waals surface area contributed by atoms with Crippen molar-refractivity contribution in [1.29, 1.82) is 0 Å². The number of halogens is 1. The Morgan fingerprint density at radius 2 is 1.86 bits per heavy atom. The van der Waals surface area contributed by atoms with E-state index in [1.54, 1.807) is 42.9 Å². The maximum absolute atomic E-state index is 13.1. The molecule has 0 unspecified atom stereocenters. The molecule has 5 aromatic rings. The Kier molecular flexibility index (Phi) is 4.17. The van der Waals surface area contributed by atoms with Crippen molar-refractivity contribution in [1.82, 2.24) is 24.1 Å². The summed E-state index contributed by atoms with van der Waals surface area (Å²) in [7, 11) is -3.76. The predicted molar refractivity (Wildman–Crippen MR) is 119 cm³/mol. The van der Waals surface area contributed by atoms with Crippen molar-refractivity contribution in [3.8, 4) is 11.3 Å². The Bertz CT molecular complexity index is 1490. The molecule has 0 aliphatic heterocycles. The summed E-state index contributed by atoms with van der Waals surface area (Å²) >= 11 is 2.09. The fourth-order valence-corrected chi connectivity index (χ4v) is 5.31. The Morgan fingerprint density at radius 3 is 2.66 bits per heavy atom. The van der Waals surface area contributed by atoms with Crippen LogP contribution in [0.4, 0.5) is 0 Å². The van der Waals surface area contributed by atoms with Gasteiger partial charge >= 0.3 is 0 Å². The van der Waals surface area contributed by atoms with Crippen LogP contribution in [0.15, 0.2) is 66.0 Å². The molecule has 0 aliphatic rings. The monoisotopic (exact) mass is 515 g/mol. The highest BCUT2D eigenvalue weighted by Gasteiger charge is 2.22. The highest BCUT2D eigenvalue weighted by atomic mass is 127. The van der Waals surface area contributed by atoms with Crippen molar-refractivity contribution in [3.63, 3.8) is 0 Å². The van der Waals surface area contributed by atoms with E-state index in [0.29, 0.717) is 20.4 Å². The number of aryl methyl sites for hydroxylation is 1. The number of nitrogens with zero attached hydrogens (tertiary/aromatic N) is 4. The average molecular weight is 515 g/mol. The van der Waals surface area contributed by atoms with Gasteiger partial charge in [0, 0.05) is 17.1 Å². The molecule has 2 aromatic carbocycles. The van der Waals surface area contributed by atoms with Gasteiger partial charge in [0.2, 0.25) is 0 Å². The topological polar surface area (TPSA) is 93.5 Å². The van der Waals surface area contributed by atoms with Crippen molar-refractivity contribution in [2.45, 2.75) is 11.8 Å². The van der Waals surface area contributed by atoms with Gasteiger partial charge < -0.3 is 0 Å². The van der Waals surface area contributed by atoms with Crippen LogP contribution in [0, 0.1) is 10.5 Å². The highest BCUT2D eigenvalue weighted by Crippen LogP contribution is 2.28. The molecular weight excluding hydrogens is 501 g/mol. The molecule has 0 aliphatic carbocycles. The number of hydrogen-bond donors (Lipinski definition) is 1. The molecule has 0 atom stereocenters. The Labute approximate surface area is 180 Å². The van der Waals surface area contributed by atoms with Crippen LogP contribution in [-0.2, 0) is 10.0 Å². The molecule has 0 radical (unpaired) electrons. The van der Waals surface area contributed by atoms with Crippen molar-refractivity contribution < 1.29 is 8.42 Å². The minimum Gasteiger partial charge on any atom is -0.278 e. The van der Waals surface area contributed by atoms with Crippen LogP contribution in [0.5, 0.6) is 0 Å². The summed E-state index contributed by atoms with van der Waals surface area (Å²) in [6.45, 7) is 1.91. The summed E-state index contributed by atoms with van der Waals surface area (Å²) in [5.74, 6) is 0. The van der Waals surface area contributed by atoms with Gasteiger partial charge in [0.15, 0.2) is 5.65 Å². The second-order valence-corrected chi connectivity index (χ2v) is 9.67. The molecule has 3 aromatic heterocycles. The summed E-state index contributed by atoms with van der Waals surface area (Å²) in [6.07, 6.45) is 4.91. The first kappa shape index (κ1) is 18.3. The summed E-state index contributed by atoms with van der Waals surface area (Å²) in [4.78, 5) is 9.35. The first-order chi connectivity index (χ1) is 13.9. The van der Waals surface area contributed by atoms with Crippen molar-refractivity contribution in [3.05, 3.63) is 70.2 Å². The first-order valence-corrected chi connectivity index (χ1v) is 11.2. The fourth-order valence-electron chi connectivity index (χ4n) is 3.17. The molecule has 3 heterocycles. The van der Waals surface area contributed by atoms with Crippen LogP contribution in [0.25, 0.3) is 33.3 Å². The number of rotatable bonds is 3. The third-order valence-corrected chi connectivity index (χ3v) is 7.19. The number of benzene rings is 2. The molecule has 0 bridgehead atoms. The van der Waals surface area contributed by atoms with E-state index in [2.05, 4.69) is 42.8 Å². The van der Waals surface area contributed by atoms with Gasteiger partial charge in [-0.1, -0.05) is 29.8 Å². The molecule has 29 heavy (non-hydrogen) atoms. The predicted octanol–water partition coefficient (Wildman–Crippen LogP) is 4.12. The average Bonchev–Trinajstić information content (AvgIpc) is 3.32. The summed E-state index contributed by atoms with van der Waals surface area (Å²) < 4.78 is 28.2. The van der Waals surface area contributed by atoms with Gasteiger partial charge in [-0.15, -0.1) is 0 Å². The summed E-state index contributed by atoms with van der Waals surface area (Å²) in [5.41, 5.74) is 4.29. The standard InChI is InChI=1S/C20H14IN5O2S/c1-12-2-6-15(7-3-12)29(27,28)26-11-16(21)19-20(26)22-10-18(24-19)13-4-5-14-9-23-25-17(14)8-13/h2-11H,1H3,(H,23,25). The Balaban J connectivity index is 1.65. The minimum atomic E-state index is -3.76. The van der Waals surface area contributed by atoms with Gasteiger partial charge in [-0.25, -0.2) is 22.4 Å². The number of H-pyrrole nitrogens is 1. The molecule has 0 amide bonds. The molecule has 144 valence electrons.